The van der Waals surface area contributed by atoms with Gasteiger partial charge in [-0.1, -0.05) is 30.3 Å². The second-order valence-corrected chi connectivity index (χ2v) is 7.42. The Kier molecular flexibility index (Phi) is 5.31. The van der Waals surface area contributed by atoms with E-state index >= 15 is 0 Å². The van der Waals surface area contributed by atoms with Crippen LogP contribution in [-0.4, -0.2) is 50.8 Å². The van der Waals surface area contributed by atoms with Gasteiger partial charge in [-0.3, -0.25) is 4.79 Å². The van der Waals surface area contributed by atoms with Crippen LogP contribution in [0.5, 0.6) is 0 Å². The van der Waals surface area contributed by atoms with E-state index in [0.29, 0.717) is 38.3 Å². The number of hydrogen-bond donors (Lipinski definition) is 0. The molecule has 1 aliphatic rings. The number of fused-ring (bicyclic) bond motifs is 1. The van der Waals surface area contributed by atoms with Crippen LogP contribution in [0.15, 0.2) is 42.5 Å². The number of carbonyl (C=O) groups excluding carboxylic acids is 1. The lowest BCUT2D eigenvalue weighted by molar-refractivity contribution is -0.146. The van der Waals surface area contributed by atoms with E-state index in [1.165, 1.54) is 6.07 Å². The molecule has 0 radical (unpaired) electrons. The Balaban J connectivity index is 1.41. The van der Waals surface area contributed by atoms with Crippen molar-refractivity contribution in [2.24, 2.45) is 5.92 Å². The van der Waals surface area contributed by atoms with Crippen LogP contribution in [0.3, 0.4) is 0 Å². The molecule has 1 aromatic carbocycles. The summed E-state index contributed by atoms with van der Waals surface area (Å²) in [6.07, 6.45) is -3.40. The standard InChI is InChI=1S/C20H21F3N6O/c1-27(13-14-5-3-2-4-6-14)18(30)15-9-11-28(12-10-15)17-8-7-16-24-25-19(20(21,22)23)29(16)26-17/h2-8,15H,9-13H2,1H3. The minimum absolute atomic E-state index is 0.0404. The predicted octanol–water partition coefficient (Wildman–Crippen LogP) is 3.02. The smallest absolute Gasteiger partial charge is 0.355 e. The quantitative estimate of drug-likeness (QED) is 0.652. The summed E-state index contributed by atoms with van der Waals surface area (Å²) in [6.45, 7) is 1.63. The van der Waals surface area contributed by atoms with Crippen LogP contribution in [0.1, 0.15) is 24.2 Å². The van der Waals surface area contributed by atoms with Gasteiger partial charge in [0.2, 0.25) is 5.91 Å². The van der Waals surface area contributed by atoms with E-state index < -0.39 is 12.0 Å². The summed E-state index contributed by atoms with van der Waals surface area (Å²) in [6, 6.07) is 12.9. The van der Waals surface area contributed by atoms with Crippen molar-refractivity contribution in [2.75, 3.05) is 25.0 Å². The van der Waals surface area contributed by atoms with Gasteiger partial charge < -0.3 is 9.80 Å². The summed E-state index contributed by atoms with van der Waals surface area (Å²) in [5, 5.41) is 10.8. The SMILES string of the molecule is CN(Cc1ccccc1)C(=O)C1CCN(c2ccc3nnc(C(F)(F)F)n3n2)CC1. The summed E-state index contributed by atoms with van der Waals surface area (Å²) >= 11 is 0. The molecule has 2 aromatic heterocycles. The van der Waals surface area contributed by atoms with E-state index in [1.807, 2.05) is 35.2 Å². The molecule has 30 heavy (non-hydrogen) atoms. The molecule has 0 bridgehead atoms. The van der Waals surface area contributed by atoms with Gasteiger partial charge in [0, 0.05) is 32.6 Å². The topological polar surface area (TPSA) is 66.6 Å². The number of benzene rings is 1. The third-order valence-corrected chi connectivity index (χ3v) is 5.31. The number of aromatic nitrogens is 4. The number of alkyl halides is 3. The van der Waals surface area contributed by atoms with Crippen molar-refractivity contribution in [2.45, 2.75) is 25.6 Å². The number of nitrogens with zero attached hydrogens (tertiary/aromatic N) is 6. The van der Waals surface area contributed by atoms with Gasteiger partial charge in [-0.05, 0) is 30.5 Å². The Labute approximate surface area is 171 Å². The number of amides is 1. The Hall–Kier alpha value is -3.17. The molecule has 0 saturated carbocycles. The van der Waals surface area contributed by atoms with Crippen LogP contribution >= 0.6 is 0 Å². The molecule has 0 spiro atoms. The van der Waals surface area contributed by atoms with Crippen molar-refractivity contribution >= 4 is 17.4 Å². The Morgan fingerprint density at radius 3 is 2.47 bits per heavy atom. The maximum atomic E-state index is 13.1. The normalized spacial score (nSPS) is 15.5. The highest BCUT2D eigenvalue weighted by Crippen LogP contribution is 2.29. The van der Waals surface area contributed by atoms with Gasteiger partial charge in [0.25, 0.3) is 5.82 Å². The monoisotopic (exact) mass is 418 g/mol. The zero-order valence-corrected chi connectivity index (χ0v) is 16.4. The minimum atomic E-state index is -4.63. The first-order valence-corrected chi connectivity index (χ1v) is 9.66. The lowest BCUT2D eigenvalue weighted by Crippen LogP contribution is -2.41. The van der Waals surface area contributed by atoms with E-state index in [-0.39, 0.29) is 17.5 Å². The number of anilines is 1. The van der Waals surface area contributed by atoms with E-state index in [1.54, 1.807) is 18.0 Å². The molecule has 0 aliphatic carbocycles. The van der Waals surface area contributed by atoms with Crippen LogP contribution in [0, 0.1) is 5.92 Å². The van der Waals surface area contributed by atoms with Crippen molar-refractivity contribution in [3.05, 3.63) is 53.9 Å². The van der Waals surface area contributed by atoms with Crippen LogP contribution in [0.25, 0.3) is 5.65 Å². The number of piperidine rings is 1. The molecule has 0 unspecified atom stereocenters. The summed E-state index contributed by atoms with van der Waals surface area (Å²) in [5.74, 6) is -0.761. The first-order valence-electron chi connectivity index (χ1n) is 9.66. The molecule has 158 valence electrons. The molecule has 10 heteroatoms. The average molecular weight is 418 g/mol. The molecule has 1 saturated heterocycles. The van der Waals surface area contributed by atoms with Crippen molar-refractivity contribution in [3.63, 3.8) is 0 Å². The number of halogens is 3. The van der Waals surface area contributed by atoms with Gasteiger partial charge in [0.1, 0.15) is 5.82 Å². The lowest BCUT2D eigenvalue weighted by atomic mass is 9.95. The second-order valence-electron chi connectivity index (χ2n) is 7.42. The molecule has 7 nitrogen and oxygen atoms in total. The highest BCUT2D eigenvalue weighted by Gasteiger charge is 2.38. The van der Waals surface area contributed by atoms with E-state index in [2.05, 4.69) is 15.3 Å². The first-order chi connectivity index (χ1) is 14.3. The van der Waals surface area contributed by atoms with E-state index in [0.717, 1.165) is 10.1 Å². The maximum Gasteiger partial charge on any atom is 0.453 e. The Morgan fingerprint density at radius 1 is 1.10 bits per heavy atom. The van der Waals surface area contributed by atoms with E-state index in [9.17, 15) is 18.0 Å². The molecular formula is C20H21F3N6O. The maximum absolute atomic E-state index is 13.1. The summed E-state index contributed by atoms with van der Waals surface area (Å²) in [4.78, 5) is 16.4. The van der Waals surface area contributed by atoms with Gasteiger partial charge in [-0.15, -0.1) is 15.3 Å². The zero-order valence-electron chi connectivity index (χ0n) is 16.4. The highest BCUT2D eigenvalue weighted by atomic mass is 19.4. The van der Waals surface area contributed by atoms with Gasteiger partial charge in [0.05, 0.1) is 0 Å². The first kappa shape index (κ1) is 20.1. The van der Waals surface area contributed by atoms with Crippen LogP contribution < -0.4 is 4.90 Å². The third kappa shape index (κ3) is 4.07. The molecule has 1 aliphatic heterocycles. The predicted molar refractivity (Wildman–Crippen MR) is 104 cm³/mol. The number of hydrogen-bond acceptors (Lipinski definition) is 5. The van der Waals surface area contributed by atoms with Crippen molar-refractivity contribution in [3.8, 4) is 0 Å². The van der Waals surface area contributed by atoms with Crippen LogP contribution in [0.4, 0.5) is 19.0 Å². The molecule has 0 N–H and O–H groups in total. The van der Waals surface area contributed by atoms with Gasteiger partial charge in [0.15, 0.2) is 5.65 Å². The summed E-state index contributed by atoms with van der Waals surface area (Å²) < 4.78 is 40.0. The fraction of sp³-hybridized carbons (Fsp3) is 0.400. The van der Waals surface area contributed by atoms with Gasteiger partial charge in [-0.25, -0.2) is 0 Å². The number of rotatable bonds is 4. The summed E-state index contributed by atoms with van der Waals surface area (Å²) in [5.41, 5.74) is 1.11. The Bertz CT molecular complexity index is 1030. The number of carbonyl (C=O) groups is 1. The van der Waals surface area contributed by atoms with E-state index in [4.69, 9.17) is 0 Å². The summed E-state index contributed by atoms with van der Waals surface area (Å²) in [7, 11) is 1.79. The fourth-order valence-electron chi connectivity index (χ4n) is 3.73. The molecule has 0 atom stereocenters. The molecule has 3 heterocycles. The molecule has 4 rings (SSSR count). The molecule has 1 amide bonds. The third-order valence-electron chi connectivity index (χ3n) is 5.31. The zero-order chi connectivity index (χ0) is 21.3. The van der Waals surface area contributed by atoms with Gasteiger partial charge >= 0.3 is 6.18 Å². The molecule has 1 fully saturated rings. The molecular weight excluding hydrogens is 397 g/mol. The van der Waals surface area contributed by atoms with Crippen LogP contribution in [-0.2, 0) is 17.5 Å². The van der Waals surface area contributed by atoms with Crippen molar-refractivity contribution < 1.29 is 18.0 Å². The lowest BCUT2D eigenvalue weighted by Gasteiger charge is -2.33. The van der Waals surface area contributed by atoms with Crippen molar-refractivity contribution in [1.29, 1.82) is 0 Å². The van der Waals surface area contributed by atoms with Crippen LogP contribution in [0.2, 0.25) is 0 Å². The Morgan fingerprint density at radius 2 is 1.80 bits per heavy atom. The molecule has 3 aromatic rings. The average Bonchev–Trinajstić information content (AvgIpc) is 3.18. The van der Waals surface area contributed by atoms with Crippen molar-refractivity contribution in [1.82, 2.24) is 24.7 Å². The van der Waals surface area contributed by atoms with Gasteiger partial charge in [-0.2, -0.15) is 17.7 Å². The highest BCUT2D eigenvalue weighted by molar-refractivity contribution is 5.79. The second kappa shape index (κ2) is 7.92. The largest absolute Gasteiger partial charge is 0.453 e. The fourth-order valence-corrected chi connectivity index (χ4v) is 3.73. The minimum Gasteiger partial charge on any atom is -0.355 e.